The third kappa shape index (κ3) is 2.39. The van der Waals surface area contributed by atoms with Crippen LogP contribution in [0.2, 0.25) is 0 Å². The van der Waals surface area contributed by atoms with Crippen molar-refractivity contribution in [3.8, 4) is 0 Å². The van der Waals surface area contributed by atoms with Crippen LogP contribution >= 0.6 is 0 Å². The molecule has 0 aromatic carbocycles. The van der Waals surface area contributed by atoms with Crippen molar-refractivity contribution in [2.75, 3.05) is 6.54 Å². The van der Waals surface area contributed by atoms with Gasteiger partial charge in [-0.25, -0.2) is 0 Å². The third-order valence-electron chi connectivity index (χ3n) is 6.48. The molecule has 0 radical (unpaired) electrons. The van der Waals surface area contributed by atoms with Crippen LogP contribution in [0.5, 0.6) is 0 Å². The second-order valence-corrected chi connectivity index (χ2v) is 8.06. The lowest BCUT2D eigenvalue weighted by Crippen LogP contribution is -2.52. The molecule has 4 rings (SSSR count). The minimum atomic E-state index is -0.296. The molecule has 0 bridgehead atoms. The zero-order chi connectivity index (χ0) is 16.2. The summed E-state index contributed by atoms with van der Waals surface area (Å²) in [6.07, 6.45) is 7.02. The van der Waals surface area contributed by atoms with Gasteiger partial charge in [0.1, 0.15) is 11.7 Å². The summed E-state index contributed by atoms with van der Waals surface area (Å²) in [7, 11) is 0. The van der Waals surface area contributed by atoms with Crippen LogP contribution in [0.25, 0.3) is 0 Å². The highest BCUT2D eigenvalue weighted by Gasteiger charge is 2.57. The van der Waals surface area contributed by atoms with Crippen LogP contribution in [0.3, 0.4) is 0 Å². The van der Waals surface area contributed by atoms with E-state index in [2.05, 4.69) is 4.90 Å². The van der Waals surface area contributed by atoms with E-state index in [9.17, 15) is 9.59 Å². The average Bonchev–Trinajstić information content (AvgIpc) is 3.11. The predicted molar refractivity (Wildman–Crippen MR) is 83.6 cm³/mol. The molecule has 128 valence electrons. The number of hydrogen-bond acceptors (Lipinski definition) is 5. The highest BCUT2D eigenvalue weighted by atomic mass is 16.6. The summed E-state index contributed by atoms with van der Waals surface area (Å²) in [5, 5.41) is 0. The first-order valence-electron chi connectivity index (χ1n) is 9.19. The molecule has 0 saturated carbocycles. The van der Waals surface area contributed by atoms with Crippen LogP contribution in [0.4, 0.5) is 0 Å². The van der Waals surface area contributed by atoms with Gasteiger partial charge in [-0.05, 0) is 45.1 Å². The lowest BCUT2D eigenvalue weighted by Gasteiger charge is -2.39. The third-order valence-corrected chi connectivity index (χ3v) is 6.48. The summed E-state index contributed by atoms with van der Waals surface area (Å²) in [5.41, 5.74) is -0.296. The van der Waals surface area contributed by atoms with Crippen molar-refractivity contribution in [1.82, 2.24) is 4.90 Å². The number of cyclic esters (lactones) is 1. The standard InChI is InChI=1S/C18H27NO4/c1-11-9-14(22-16(11)20)13-5-6-15-18(7-3-4-8-19(13)15)10-12(2)17(21)23-18/h11-15H,3-10H2,1-2H3/t11-,12-,13-,14-,15-,18+/m0/s1. The zero-order valence-electron chi connectivity index (χ0n) is 14.1. The van der Waals surface area contributed by atoms with E-state index in [1.165, 1.54) is 0 Å². The van der Waals surface area contributed by atoms with E-state index < -0.39 is 0 Å². The SMILES string of the molecule is C[C@H]1C[C@@H]([C@@H]2CC[C@@H]3N2CCCC[C@@]32C[C@H](C)C(=O)O2)OC1=O. The number of esters is 2. The van der Waals surface area contributed by atoms with Gasteiger partial charge in [0.05, 0.1) is 17.9 Å². The molecule has 1 spiro atoms. The van der Waals surface area contributed by atoms with E-state index in [0.29, 0.717) is 12.1 Å². The first-order valence-corrected chi connectivity index (χ1v) is 9.19. The zero-order valence-corrected chi connectivity index (χ0v) is 14.1. The first kappa shape index (κ1) is 15.4. The van der Waals surface area contributed by atoms with Crippen molar-refractivity contribution < 1.29 is 19.1 Å². The summed E-state index contributed by atoms with van der Waals surface area (Å²) >= 11 is 0. The number of hydrogen-bond donors (Lipinski definition) is 0. The van der Waals surface area contributed by atoms with Crippen LogP contribution < -0.4 is 0 Å². The Morgan fingerprint density at radius 3 is 2.57 bits per heavy atom. The lowest BCUT2D eigenvalue weighted by molar-refractivity contribution is -0.156. The molecule has 4 fully saturated rings. The molecule has 0 aromatic heterocycles. The molecule has 0 aromatic rings. The Kier molecular flexibility index (Phi) is 3.67. The molecular formula is C18H27NO4. The molecule has 5 nitrogen and oxygen atoms in total. The normalized spacial score (nSPS) is 47.5. The molecule has 0 unspecified atom stereocenters. The number of carbonyl (C=O) groups excluding carboxylic acids is 2. The molecule has 0 aliphatic carbocycles. The molecule has 0 amide bonds. The van der Waals surface area contributed by atoms with Gasteiger partial charge in [0.15, 0.2) is 0 Å². The van der Waals surface area contributed by atoms with Crippen molar-refractivity contribution in [3.63, 3.8) is 0 Å². The molecule has 5 heteroatoms. The Labute approximate surface area is 137 Å². The van der Waals surface area contributed by atoms with Crippen molar-refractivity contribution in [2.45, 2.75) is 82.6 Å². The molecule has 23 heavy (non-hydrogen) atoms. The smallest absolute Gasteiger partial charge is 0.309 e. The van der Waals surface area contributed by atoms with Gasteiger partial charge in [-0.2, -0.15) is 0 Å². The van der Waals surface area contributed by atoms with Gasteiger partial charge < -0.3 is 9.47 Å². The van der Waals surface area contributed by atoms with Gasteiger partial charge in [0, 0.05) is 12.5 Å². The van der Waals surface area contributed by atoms with Gasteiger partial charge >= 0.3 is 11.9 Å². The average molecular weight is 321 g/mol. The number of carbonyl (C=O) groups is 2. The molecule has 4 heterocycles. The second kappa shape index (κ2) is 5.47. The Morgan fingerprint density at radius 2 is 1.91 bits per heavy atom. The summed E-state index contributed by atoms with van der Waals surface area (Å²) in [5.74, 6) is -0.0530. The van der Waals surface area contributed by atoms with Crippen LogP contribution in [0.1, 0.15) is 58.8 Å². The quantitative estimate of drug-likeness (QED) is 0.694. The highest BCUT2D eigenvalue weighted by molar-refractivity contribution is 5.75. The maximum absolute atomic E-state index is 12.1. The minimum absolute atomic E-state index is 0.0123. The van der Waals surface area contributed by atoms with E-state index in [0.717, 1.165) is 51.5 Å². The molecule has 4 saturated heterocycles. The van der Waals surface area contributed by atoms with E-state index >= 15 is 0 Å². The molecule has 4 aliphatic rings. The topological polar surface area (TPSA) is 55.8 Å². The Balaban J connectivity index is 1.57. The summed E-state index contributed by atoms with van der Waals surface area (Å²) < 4.78 is 11.6. The Morgan fingerprint density at radius 1 is 1.09 bits per heavy atom. The minimum Gasteiger partial charge on any atom is -0.460 e. The number of fused-ring (bicyclic) bond motifs is 2. The predicted octanol–water partition coefficient (Wildman–Crippen LogP) is 2.28. The first-order chi connectivity index (χ1) is 11.0. The fourth-order valence-corrected chi connectivity index (χ4v) is 5.36. The van der Waals surface area contributed by atoms with E-state index in [-0.39, 0.29) is 35.5 Å². The lowest BCUT2D eigenvalue weighted by atomic mass is 9.83. The Hall–Kier alpha value is -1.10. The molecule has 4 aliphatic heterocycles. The monoisotopic (exact) mass is 321 g/mol. The fourth-order valence-electron chi connectivity index (χ4n) is 5.36. The Bertz CT molecular complexity index is 521. The molecular weight excluding hydrogens is 294 g/mol. The maximum atomic E-state index is 12.1. The van der Waals surface area contributed by atoms with Gasteiger partial charge in [0.25, 0.3) is 0 Å². The van der Waals surface area contributed by atoms with Crippen LogP contribution in [-0.4, -0.2) is 47.2 Å². The summed E-state index contributed by atoms with van der Waals surface area (Å²) in [6.45, 7) is 4.98. The number of ether oxygens (including phenoxy) is 2. The van der Waals surface area contributed by atoms with E-state index in [1.807, 2.05) is 13.8 Å². The second-order valence-electron chi connectivity index (χ2n) is 8.06. The largest absolute Gasteiger partial charge is 0.460 e. The van der Waals surface area contributed by atoms with Crippen molar-refractivity contribution in [2.24, 2.45) is 11.8 Å². The van der Waals surface area contributed by atoms with E-state index in [1.54, 1.807) is 0 Å². The molecule has 6 atom stereocenters. The van der Waals surface area contributed by atoms with Gasteiger partial charge in [-0.1, -0.05) is 13.8 Å². The summed E-state index contributed by atoms with van der Waals surface area (Å²) in [4.78, 5) is 26.4. The van der Waals surface area contributed by atoms with Gasteiger partial charge in [0.2, 0.25) is 0 Å². The molecule has 0 N–H and O–H groups in total. The number of nitrogens with zero attached hydrogens (tertiary/aromatic N) is 1. The van der Waals surface area contributed by atoms with Crippen molar-refractivity contribution in [3.05, 3.63) is 0 Å². The van der Waals surface area contributed by atoms with Crippen LogP contribution in [0, 0.1) is 11.8 Å². The van der Waals surface area contributed by atoms with Crippen LogP contribution in [0.15, 0.2) is 0 Å². The van der Waals surface area contributed by atoms with Crippen LogP contribution in [-0.2, 0) is 19.1 Å². The van der Waals surface area contributed by atoms with Gasteiger partial charge in [-0.15, -0.1) is 0 Å². The van der Waals surface area contributed by atoms with E-state index in [4.69, 9.17) is 9.47 Å². The van der Waals surface area contributed by atoms with Gasteiger partial charge in [-0.3, -0.25) is 14.5 Å². The number of rotatable bonds is 1. The van der Waals surface area contributed by atoms with Crippen molar-refractivity contribution >= 4 is 11.9 Å². The van der Waals surface area contributed by atoms with Crippen molar-refractivity contribution in [1.29, 1.82) is 0 Å². The maximum Gasteiger partial charge on any atom is 0.309 e. The highest BCUT2D eigenvalue weighted by Crippen LogP contribution is 2.48. The fraction of sp³-hybridized carbons (Fsp3) is 0.889. The summed E-state index contributed by atoms with van der Waals surface area (Å²) in [6, 6.07) is 0.608.